The van der Waals surface area contributed by atoms with E-state index in [4.69, 9.17) is 0 Å². The molecule has 0 amide bonds. The fraction of sp³-hybridized carbons (Fsp3) is 0.200. The van der Waals surface area contributed by atoms with Gasteiger partial charge in [0.15, 0.2) is 0 Å². The fourth-order valence-corrected chi connectivity index (χ4v) is 1.94. The number of rotatable bonds is 3. The van der Waals surface area contributed by atoms with Crippen LogP contribution in [0.3, 0.4) is 0 Å². The molecule has 0 spiro atoms. The van der Waals surface area contributed by atoms with Gasteiger partial charge in [-0.2, -0.15) is 0 Å². The predicted octanol–water partition coefficient (Wildman–Crippen LogP) is 2.75. The van der Waals surface area contributed by atoms with Crippen LogP contribution < -0.4 is 0 Å². The maximum absolute atomic E-state index is 10.3. The van der Waals surface area contributed by atoms with Gasteiger partial charge in [0.1, 0.15) is 0 Å². The Morgan fingerprint density at radius 3 is 3.00 bits per heavy atom. The smallest absolute Gasteiger partial charge is 0.207 e. The molecule has 0 aliphatic carbocycles. The Hall–Kier alpha value is -1.36. The lowest BCUT2D eigenvalue weighted by Gasteiger charge is -1.95. The number of nitrogens with one attached hydrogen (secondary N) is 1. The number of H-pyrrole nitrogens is 1. The summed E-state index contributed by atoms with van der Waals surface area (Å²) < 4.78 is 0.998. The van der Waals surface area contributed by atoms with E-state index in [0.717, 1.165) is 20.9 Å². The van der Waals surface area contributed by atoms with E-state index >= 15 is 0 Å². The van der Waals surface area contributed by atoms with Gasteiger partial charge in [0, 0.05) is 32.9 Å². The van der Waals surface area contributed by atoms with Crippen LogP contribution in [0.1, 0.15) is 5.56 Å². The van der Waals surface area contributed by atoms with Crippen LogP contribution in [-0.4, -0.2) is 16.5 Å². The number of nitrogens with zero attached hydrogens (tertiary/aromatic N) is 1. The number of hydrogen-bond donors (Lipinski definition) is 1. The van der Waals surface area contributed by atoms with Crippen molar-refractivity contribution in [3.05, 3.63) is 44.5 Å². The third kappa shape index (κ3) is 2.18. The Labute approximate surface area is 94.6 Å². The number of aromatic nitrogens is 1. The number of benzene rings is 1. The molecule has 2 aromatic rings. The highest BCUT2D eigenvalue weighted by Crippen LogP contribution is 2.22. The van der Waals surface area contributed by atoms with Gasteiger partial charge in [0.2, 0.25) is 6.54 Å². The predicted molar refractivity (Wildman–Crippen MR) is 61.6 cm³/mol. The van der Waals surface area contributed by atoms with Gasteiger partial charge in [-0.15, -0.1) is 0 Å². The minimum absolute atomic E-state index is 0.0248. The standard InChI is InChI=1S/C10H9BrN2O2/c11-8-1-2-9-7(3-4-13(14)15)6-12-10(9)5-8/h1-2,5-6,12H,3-4H2. The van der Waals surface area contributed by atoms with Crippen molar-refractivity contribution in [3.63, 3.8) is 0 Å². The van der Waals surface area contributed by atoms with Crippen LogP contribution in [0.2, 0.25) is 0 Å². The molecule has 1 aromatic heterocycles. The number of hydrogen-bond acceptors (Lipinski definition) is 2. The van der Waals surface area contributed by atoms with E-state index in [9.17, 15) is 10.1 Å². The van der Waals surface area contributed by atoms with E-state index in [2.05, 4.69) is 20.9 Å². The molecule has 4 nitrogen and oxygen atoms in total. The van der Waals surface area contributed by atoms with Crippen molar-refractivity contribution < 1.29 is 4.92 Å². The summed E-state index contributed by atoms with van der Waals surface area (Å²) in [4.78, 5) is 13.1. The van der Waals surface area contributed by atoms with Gasteiger partial charge >= 0.3 is 0 Å². The Morgan fingerprint density at radius 1 is 1.47 bits per heavy atom. The highest BCUT2D eigenvalue weighted by Gasteiger charge is 2.06. The second kappa shape index (κ2) is 4.02. The molecule has 0 saturated carbocycles. The molecular weight excluding hydrogens is 260 g/mol. The quantitative estimate of drug-likeness (QED) is 0.688. The monoisotopic (exact) mass is 268 g/mol. The van der Waals surface area contributed by atoms with E-state index in [1.54, 1.807) is 0 Å². The van der Waals surface area contributed by atoms with Gasteiger partial charge in [0.05, 0.1) is 0 Å². The van der Waals surface area contributed by atoms with Crippen molar-refractivity contribution >= 4 is 26.8 Å². The molecule has 1 heterocycles. The summed E-state index contributed by atoms with van der Waals surface area (Å²) in [6.45, 7) is -0.0248. The normalized spacial score (nSPS) is 10.7. The molecule has 0 fully saturated rings. The van der Waals surface area contributed by atoms with Gasteiger partial charge in [-0.05, 0) is 17.7 Å². The molecule has 1 aromatic carbocycles. The third-order valence-electron chi connectivity index (χ3n) is 2.29. The van der Waals surface area contributed by atoms with Crippen LogP contribution in [0.25, 0.3) is 10.9 Å². The zero-order valence-corrected chi connectivity index (χ0v) is 9.45. The zero-order valence-electron chi connectivity index (χ0n) is 7.87. The summed E-state index contributed by atoms with van der Waals surface area (Å²) in [6, 6.07) is 5.86. The van der Waals surface area contributed by atoms with Crippen LogP contribution in [0, 0.1) is 10.1 Å². The van der Waals surface area contributed by atoms with Gasteiger partial charge in [0.25, 0.3) is 0 Å². The molecule has 15 heavy (non-hydrogen) atoms. The third-order valence-corrected chi connectivity index (χ3v) is 2.79. The summed E-state index contributed by atoms with van der Waals surface area (Å²) in [7, 11) is 0. The first-order chi connectivity index (χ1) is 7.16. The number of aromatic amines is 1. The Balaban J connectivity index is 2.32. The SMILES string of the molecule is O=[N+]([O-])CCc1c[nH]c2cc(Br)ccc12. The van der Waals surface area contributed by atoms with E-state index < -0.39 is 0 Å². The van der Waals surface area contributed by atoms with Crippen molar-refractivity contribution in [3.8, 4) is 0 Å². The Kier molecular flexibility index (Phi) is 2.73. The summed E-state index contributed by atoms with van der Waals surface area (Å²) in [6.07, 6.45) is 2.30. The van der Waals surface area contributed by atoms with Crippen LogP contribution in [0.15, 0.2) is 28.9 Å². The van der Waals surface area contributed by atoms with Crippen LogP contribution >= 0.6 is 15.9 Å². The Bertz CT molecular complexity index is 507. The van der Waals surface area contributed by atoms with E-state index in [1.165, 1.54) is 0 Å². The molecule has 0 aliphatic rings. The Morgan fingerprint density at radius 2 is 2.27 bits per heavy atom. The van der Waals surface area contributed by atoms with Crippen molar-refractivity contribution in [1.29, 1.82) is 0 Å². The molecule has 2 rings (SSSR count). The molecule has 5 heteroatoms. The average molecular weight is 269 g/mol. The van der Waals surface area contributed by atoms with Crippen LogP contribution in [0.4, 0.5) is 0 Å². The van der Waals surface area contributed by atoms with Gasteiger partial charge in [-0.1, -0.05) is 22.0 Å². The van der Waals surface area contributed by atoms with Crippen molar-refractivity contribution in [2.45, 2.75) is 6.42 Å². The maximum Gasteiger partial charge on any atom is 0.207 e. The first-order valence-electron chi connectivity index (χ1n) is 4.54. The minimum atomic E-state index is -0.294. The van der Waals surface area contributed by atoms with E-state index in [0.29, 0.717) is 6.42 Å². The van der Waals surface area contributed by atoms with E-state index in [-0.39, 0.29) is 11.5 Å². The average Bonchev–Trinajstić information content (AvgIpc) is 2.57. The summed E-state index contributed by atoms with van der Waals surface area (Å²) in [5.74, 6) is 0. The molecule has 0 atom stereocenters. The highest BCUT2D eigenvalue weighted by molar-refractivity contribution is 9.10. The van der Waals surface area contributed by atoms with Gasteiger partial charge in [-0.3, -0.25) is 10.1 Å². The lowest BCUT2D eigenvalue weighted by molar-refractivity contribution is -0.479. The van der Waals surface area contributed by atoms with Crippen LogP contribution in [0.5, 0.6) is 0 Å². The number of fused-ring (bicyclic) bond motifs is 1. The maximum atomic E-state index is 10.3. The second-order valence-electron chi connectivity index (χ2n) is 3.31. The summed E-state index contributed by atoms with van der Waals surface area (Å²) in [5.41, 5.74) is 2.00. The number of halogens is 1. The number of nitro groups is 1. The lowest BCUT2D eigenvalue weighted by Crippen LogP contribution is -2.03. The molecule has 78 valence electrons. The molecule has 1 N–H and O–H groups in total. The van der Waals surface area contributed by atoms with Crippen molar-refractivity contribution in [1.82, 2.24) is 4.98 Å². The molecular formula is C10H9BrN2O2. The van der Waals surface area contributed by atoms with Crippen molar-refractivity contribution in [2.24, 2.45) is 0 Å². The topological polar surface area (TPSA) is 58.9 Å². The highest BCUT2D eigenvalue weighted by atomic mass is 79.9. The first kappa shape index (κ1) is 10.2. The molecule has 0 aliphatic heterocycles. The lowest BCUT2D eigenvalue weighted by atomic mass is 10.1. The van der Waals surface area contributed by atoms with Crippen LogP contribution in [-0.2, 0) is 6.42 Å². The van der Waals surface area contributed by atoms with Gasteiger partial charge in [-0.25, -0.2) is 0 Å². The zero-order chi connectivity index (χ0) is 10.8. The molecule has 0 saturated heterocycles. The second-order valence-corrected chi connectivity index (χ2v) is 4.23. The van der Waals surface area contributed by atoms with Crippen molar-refractivity contribution in [2.75, 3.05) is 6.54 Å². The molecule has 0 radical (unpaired) electrons. The first-order valence-corrected chi connectivity index (χ1v) is 5.33. The van der Waals surface area contributed by atoms with Gasteiger partial charge < -0.3 is 4.98 Å². The summed E-state index contributed by atoms with van der Waals surface area (Å²) >= 11 is 3.38. The molecule has 0 bridgehead atoms. The fourth-order valence-electron chi connectivity index (χ4n) is 1.58. The summed E-state index contributed by atoms with van der Waals surface area (Å²) in [5, 5.41) is 11.3. The largest absolute Gasteiger partial charge is 0.361 e. The minimum Gasteiger partial charge on any atom is -0.361 e. The molecule has 0 unspecified atom stereocenters. The van der Waals surface area contributed by atoms with E-state index in [1.807, 2.05) is 24.4 Å².